The summed E-state index contributed by atoms with van der Waals surface area (Å²) in [5.41, 5.74) is 0.391. The van der Waals surface area contributed by atoms with Gasteiger partial charge in [-0.1, -0.05) is 34.1 Å². The summed E-state index contributed by atoms with van der Waals surface area (Å²) >= 11 is 0. The molecule has 11 atom stereocenters. The number of hydrogen-bond acceptors (Lipinski definition) is 3. The van der Waals surface area contributed by atoms with Crippen LogP contribution in [0.25, 0.3) is 0 Å². The van der Waals surface area contributed by atoms with Crippen LogP contribution in [0.2, 0.25) is 0 Å². The van der Waals surface area contributed by atoms with E-state index in [0.717, 1.165) is 44.9 Å². The number of carboxylic acids is 1. The molecule has 4 nitrogen and oxygen atoms in total. The van der Waals surface area contributed by atoms with E-state index in [4.69, 9.17) is 0 Å². The van der Waals surface area contributed by atoms with Crippen LogP contribution >= 0.6 is 0 Å². The molecule has 4 rings (SSSR count). The molecule has 3 N–H and O–H groups in total. The van der Waals surface area contributed by atoms with Crippen molar-refractivity contribution in [1.29, 1.82) is 0 Å². The van der Waals surface area contributed by atoms with E-state index in [1.807, 2.05) is 0 Å². The summed E-state index contributed by atoms with van der Waals surface area (Å²) in [5, 5.41) is 31.4. The largest absolute Gasteiger partial charge is 0.481 e. The molecule has 4 saturated carbocycles. The molecule has 0 radical (unpaired) electrons. The van der Waals surface area contributed by atoms with Gasteiger partial charge in [0.2, 0.25) is 0 Å². The van der Waals surface area contributed by atoms with Gasteiger partial charge >= 0.3 is 5.97 Å². The van der Waals surface area contributed by atoms with Gasteiger partial charge in [0.05, 0.1) is 12.2 Å². The Kier molecular flexibility index (Phi) is 5.60. The molecule has 4 unspecified atom stereocenters. The predicted octanol–water partition coefficient (Wildman–Crippen LogP) is 4.72. The van der Waals surface area contributed by atoms with Crippen molar-refractivity contribution in [2.45, 2.75) is 97.7 Å². The second-order valence-electron chi connectivity index (χ2n) is 11.7. The highest BCUT2D eigenvalue weighted by Gasteiger charge is 2.64. The third-order valence-corrected chi connectivity index (χ3v) is 10.6. The molecule has 0 aromatic carbocycles. The lowest BCUT2D eigenvalue weighted by Gasteiger charge is -2.64. The van der Waals surface area contributed by atoms with Crippen LogP contribution in [0.5, 0.6) is 0 Å². The van der Waals surface area contributed by atoms with Crippen LogP contribution in [0.3, 0.4) is 0 Å². The van der Waals surface area contributed by atoms with E-state index < -0.39 is 5.97 Å². The van der Waals surface area contributed by atoms with Crippen LogP contribution < -0.4 is 0 Å². The Morgan fingerprint density at radius 2 is 1.66 bits per heavy atom. The summed E-state index contributed by atoms with van der Waals surface area (Å²) in [6.45, 7) is 9.23. The van der Waals surface area contributed by atoms with E-state index in [-0.39, 0.29) is 41.3 Å². The number of carboxylic acid groups (broad SMARTS) is 1. The zero-order chi connectivity index (χ0) is 21.1. The number of aliphatic hydroxyl groups is 2. The second-order valence-corrected chi connectivity index (χ2v) is 11.7. The van der Waals surface area contributed by atoms with Crippen molar-refractivity contribution in [3.05, 3.63) is 0 Å². The van der Waals surface area contributed by atoms with E-state index >= 15 is 0 Å². The molecule has 0 bridgehead atoms. The molecule has 0 aromatic rings. The van der Waals surface area contributed by atoms with Crippen molar-refractivity contribution in [2.75, 3.05) is 0 Å². The summed E-state index contributed by atoms with van der Waals surface area (Å²) in [5.74, 6) is 2.09. The van der Waals surface area contributed by atoms with Crippen molar-refractivity contribution in [1.82, 2.24) is 0 Å². The quantitative estimate of drug-likeness (QED) is 0.631. The number of aliphatic hydroxyl groups excluding tert-OH is 2. The van der Waals surface area contributed by atoms with E-state index in [1.165, 1.54) is 6.42 Å². The smallest absolute Gasteiger partial charge is 0.303 e. The van der Waals surface area contributed by atoms with Gasteiger partial charge in [-0.2, -0.15) is 0 Å². The standard InChI is InChI=1S/C25H42O4/c1-5-16-20-13-15(26)8-10-25(20,4)19-9-11-24(3)17(14(2)12-21(27)28)6-7-18(24)22(19)23(16)29/h14-20,22-23,26,29H,5-13H2,1-4H3,(H,27,28)/t14-,15-,16-,17-,18+,19+,20?,22?,23-,24?,25?/m1/s1. The molecule has 0 aromatic heterocycles. The lowest BCUT2D eigenvalue weighted by Crippen LogP contribution is -2.62. The van der Waals surface area contributed by atoms with Crippen LogP contribution in [-0.4, -0.2) is 33.5 Å². The first-order valence-electron chi connectivity index (χ1n) is 12.2. The van der Waals surface area contributed by atoms with Crippen LogP contribution in [-0.2, 0) is 4.79 Å². The van der Waals surface area contributed by atoms with Gasteiger partial charge in [0, 0.05) is 6.42 Å². The Morgan fingerprint density at radius 3 is 2.31 bits per heavy atom. The average molecular weight is 407 g/mol. The van der Waals surface area contributed by atoms with E-state index in [9.17, 15) is 20.1 Å². The molecule has 166 valence electrons. The fraction of sp³-hybridized carbons (Fsp3) is 0.960. The maximum atomic E-state index is 11.7. The zero-order valence-electron chi connectivity index (χ0n) is 18.8. The van der Waals surface area contributed by atoms with Crippen LogP contribution in [0.15, 0.2) is 0 Å². The van der Waals surface area contributed by atoms with Crippen molar-refractivity contribution in [3.63, 3.8) is 0 Å². The summed E-state index contributed by atoms with van der Waals surface area (Å²) < 4.78 is 0. The number of aliphatic carboxylic acids is 1. The Balaban J connectivity index is 1.66. The van der Waals surface area contributed by atoms with Crippen molar-refractivity contribution >= 4 is 5.97 Å². The van der Waals surface area contributed by atoms with E-state index in [1.54, 1.807) is 0 Å². The molecule has 4 aliphatic rings. The highest BCUT2D eigenvalue weighted by atomic mass is 16.4. The predicted molar refractivity (Wildman–Crippen MR) is 113 cm³/mol. The monoisotopic (exact) mass is 406 g/mol. The third kappa shape index (κ3) is 3.19. The molecule has 4 aliphatic carbocycles. The topological polar surface area (TPSA) is 77.8 Å². The first-order chi connectivity index (χ1) is 13.6. The normalized spacial score (nSPS) is 52.9. The minimum Gasteiger partial charge on any atom is -0.481 e. The van der Waals surface area contributed by atoms with Gasteiger partial charge in [0.15, 0.2) is 0 Å². The molecule has 0 saturated heterocycles. The first kappa shape index (κ1) is 21.6. The molecule has 4 heteroatoms. The van der Waals surface area contributed by atoms with Gasteiger partial charge in [0.25, 0.3) is 0 Å². The summed E-state index contributed by atoms with van der Waals surface area (Å²) in [6, 6.07) is 0. The lowest BCUT2D eigenvalue weighted by molar-refractivity contribution is -0.203. The third-order valence-electron chi connectivity index (χ3n) is 10.6. The zero-order valence-corrected chi connectivity index (χ0v) is 18.8. The number of hydrogen-bond donors (Lipinski definition) is 3. The highest BCUT2D eigenvalue weighted by Crippen LogP contribution is 2.69. The van der Waals surface area contributed by atoms with Gasteiger partial charge in [-0.25, -0.2) is 0 Å². The SMILES string of the molecule is CC[C@@H]1C2C[C@H](O)CCC2(C)[C@H]2CCC3(C)[C@@H]([C@H](C)CC(=O)O)CC[C@H]3C2[C@@H]1O. The summed E-state index contributed by atoms with van der Waals surface area (Å²) in [4.78, 5) is 11.4. The molecular weight excluding hydrogens is 364 g/mol. The van der Waals surface area contributed by atoms with Gasteiger partial charge in [-0.15, -0.1) is 0 Å². The molecule has 4 fully saturated rings. The molecule has 0 amide bonds. The van der Waals surface area contributed by atoms with Gasteiger partial charge in [-0.05, 0) is 97.2 Å². The molecular formula is C25H42O4. The van der Waals surface area contributed by atoms with Gasteiger partial charge < -0.3 is 15.3 Å². The van der Waals surface area contributed by atoms with E-state index in [2.05, 4.69) is 27.7 Å². The molecule has 0 heterocycles. The van der Waals surface area contributed by atoms with Gasteiger partial charge in [-0.3, -0.25) is 4.79 Å². The Labute approximate surface area is 176 Å². The Bertz CT molecular complexity index is 634. The summed E-state index contributed by atoms with van der Waals surface area (Å²) in [7, 11) is 0. The average Bonchev–Trinajstić information content (AvgIpc) is 3.00. The molecule has 0 aliphatic heterocycles. The Hall–Kier alpha value is -0.610. The maximum absolute atomic E-state index is 11.7. The molecule has 29 heavy (non-hydrogen) atoms. The number of carbonyl (C=O) groups is 1. The van der Waals surface area contributed by atoms with Crippen LogP contribution in [0.4, 0.5) is 0 Å². The Morgan fingerprint density at radius 1 is 1.00 bits per heavy atom. The van der Waals surface area contributed by atoms with Crippen molar-refractivity contribution in [2.24, 2.45) is 52.3 Å². The lowest BCUT2D eigenvalue weighted by atomic mass is 9.41. The van der Waals surface area contributed by atoms with Crippen molar-refractivity contribution < 1.29 is 20.1 Å². The van der Waals surface area contributed by atoms with Crippen molar-refractivity contribution in [3.8, 4) is 0 Å². The second kappa shape index (κ2) is 7.51. The van der Waals surface area contributed by atoms with Crippen LogP contribution in [0.1, 0.15) is 85.5 Å². The number of fused-ring (bicyclic) bond motifs is 5. The van der Waals surface area contributed by atoms with Gasteiger partial charge in [0.1, 0.15) is 0 Å². The fourth-order valence-electron chi connectivity index (χ4n) is 9.35. The minimum absolute atomic E-state index is 0.159. The molecule has 0 spiro atoms. The minimum atomic E-state index is -0.682. The fourth-order valence-corrected chi connectivity index (χ4v) is 9.35. The number of rotatable bonds is 4. The van der Waals surface area contributed by atoms with Crippen LogP contribution in [0, 0.1) is 52.3 Å². The highest BCUT2D eigenvalue weighted by molar-refractivity contribution is 5.67. The maximum Gasteiger partial charge on any atom is 0.303 e. The summed E-state index contributed by atoms with van der Waals surface area (Å²) in [6.07, 6.45) is 8.21. The van der Waals surface area contributed by atoms with E-state index in [0.29, 0.717) is 29.6 Å². The first-order valence-corrected chi connectivity index (χ1v) is 12.2.